The van der Waals surface area contributed by atoms with Gasteiger partial charge >= 0.3 is 0 Å². The summed E-state index contributed by atoms with van der Waals surface area (Å²) >= 11 is 0. The van der Waals surface area contributed by atoms with Gasteiger partial charge in [-0.05, 0) is 35.9 Å². The Hall–Kier alpha value is -2.64. The maximum Gasteiger partial charge on any atom is 0.130 e. The molecule has 1 aliphatic rings. The summed E-state index contributed by atoms with van der Waals surface area (Å²) in [5.74, 6) is 6.35. The molecule has 6 nitrogen and oxygen atoms in total. The molecule has 1 aliphatic heterocycles. The molecule has 0 unspecified atom stereocenters. The van der Waals surface area contributed by atoms with Gasteiger partial charge in [-0.25, -0.2) is 15.2 Å². The van der Waals surface area contributed by atoms with Crippen LogP contribution in [0, 0.1) is 0 Å². The van der Waals surface area contributed by atoms with Crippen molar-refractivity contribution in [2.75, 3.05) is 32.0 Å². The minimum absolute atomic E-state index is 0.592. The zero-order chi connectivity index (χ0) is 19.4. The van der Waals surface area contributed by atoms with Crippen LogP contribution in [0.25, 0.3) is 16.5 Å². The van der Waals surface area contributed by atoms with E-state index in [1.807, 2.05) is 30.5 Å². The largest absolute Gasteiger partial charge is 0.397 e. The van der Waals surface area contributed by atoms with E-state index in [0.29, 0.717) is 25.1 Å². The molecule has 0 radical (unpaired) electrons. The highest BCUT2D eigenvalue weighted by molar-refractivity contribution is 5.87. The van der Waals surface area contributed by atoms with Crippen molar-refractivity contribution in [1.82, 2.24) is 14.9 Å². The average Bonchev–Trinajstić information content (AvgIpc) is 2.62. The normalized spacial score (nSPS) is 16.5. The molecule has 0 spiro atoms. The number of halogens is 1. The van der Waals surface area contributed by atoms with E-state index in [9.17, 15) is 4.39 Å². The third kappa shape index (κ3) is 5.18. The second-order valence-corrected chi connectivity index (χ2v) is 7.06. The molecule has 2 heterocycles. The molecule has 27 heavy (non-hydrogen) atoms. The first kappa shape index (κ1) is 19.1. The predicted octanol–water partition coefficient (Wildman–Crippen LogP) is 2.66. The van der Waals surface area contributed by atoms with E-state index in [1.54, 1.807) is 13.2 Å². The zero-order valence-electron chi connectivity index (χ0n) is 15.7. The van der Waals surface area contributed by atoms with Crippen molar-refractivity contribution in [3.63, 3.8) is 0 Å². The van der Waals surface area contributed by atoms with E-state index in [1.165, 1.54) is 5.01 Å². The van der Waals surface area contributed by atoms with Crippen LogP contribution >= 0.6 is 0 Å². The van der Waals surface area contributed by atoms with Crippen molar-refractivity contribution in [2.45, 2.75) is 19.0 Å². The molecule has 144 valence electrons. The molecule has 2 aromatic rings. The standard InChI is InChI=1S/C20H27FN6/c1-14(12-27-7-5-18(21)6-8-27)25-20-10-17-9-15(19(22)13-26(2)23)3-4-16(17)11-24-20/h3-4,9-11,13,18H,1,5-8,12,22-23H2,2H3,(H,24,25)/b19-13-. The van der Waals surface area contributed by atoms with E-state index in [-0.39, 0.29) is 0 Å². The van der Waals surface area contributed by atoms with Gasteiger partial charge in [0.25, 0.3) is 0 Å². The molecule has 0 atom stereocenters. The number of nitrogens with one attached hydrogen (secondary N) is 1. The van der Waals surface area contributed by atoms with Crippen LogP contribution in [0.4, 0.5) is 10.2 Å². The summed E-state index contributed by atoms with van der Waals surface area (Å²) in [6.45, 7) is 6.30. The second kappa shape index (κ2) is 8.37. The number of rotatable bonds is 6. The Morgan fingerprint density at radius 1 is 1.37 bits per heavy atom. The molecule has 1 fully saturated rings. The minimum Gasteiger partial charge on any atom is -0.397 e. The van der Waals surface area contributed by atoms with E-state index in [2.05, 4.69) is 21.8 Å². The van der Waals surface area contributed by atoms with Crippen molar-refractivity contribution < 1.29 is 4.39 Å². The number of alkyl halides is 1. The molecule has 1 aromatic carbocycles. The Bertz CT molecular complexity index is 839. The lowest BCUT2D eigenvalue weighted by Crippen LogP contribution is -2.36. The maximum absolute atomic E-state index is 13.3. The maximum atomic E-state index is 13.3. The number of anilines is 1. The monoisotopic (exact) mass is 370 g/mol. The molecular formula is C20H27FN6. The fourth-order valence-corrected chi connectivity index (χ4v) is 3.23. The van der Waals surface area contributed by atoms with Crippen LogP contribution in [0.3, 0.4) is 0 Å². The molecule has 0 bridgehead atoms. The lowest BCUT2D eigenvalue weighted by Gasteiger charge is -2.29. The van der Waals surface area contributed by atoms with Crippen LogP contribution < -0.4 is 16.9 Å². The Labute approximate surface area is 159 Å². The summed E-state index contributed by atoms with van der Waals surface area (Å²) in [7, 11) is 1.72. The number of hydrogen-bond acceptors (Lipinski definition) is 6. The highest BCUT2D eigenvalue weighted by Gasteiger charge is 2.18. The van der Waals surface area contributed by atoms with Crippen molar-refractivity contribution in [1.29, 1.82) is 0 Å². The highest BCUT2D eigenvalue weighted by atomic mass is 19.1. The van der Waals surface area contributed by atoms with Gasteiger partial charge in [0, 0.05) is 50.2 Å². The number of pyridine rings is 1. The molecule has 0 amide bonds. The van der Waals surface area contributed by atoms with E-state index >= 15 is 0 Å². The van der Waals surface area contributed by atoms with E-state index in [4.69, 9.17) is 11.6 Å². The van der Waals surface area contributed by atoms with Gasteiger partial charge in [-0.1, -0.05) is 18.7 Å². The van der Waals surface area contributed by atoms with Crippen LogP contribution in [-0.2, 0) is 0 Å². The van der Waals surface area contributed by atoms with Gasteiger partial charge in [0.05, 0.1) is 5.70 Å². The Morgan fingerprint density at radius 2 is 2.11 bits per heavy atom. The lowest BCUT2D eigenvalue weighted by molar-refractivity contribution is 0.160. The molecule has 0 saturated carbocycles. The van der Waals surface area contributed by atoms with E-state index < -0.39 is 6.17 Å². The molecule has 0 aliphatic carbocycles. The number of benzene rings is 1. The number of fused-ring (bicyclic) bond motifs is 1. The Balaban J connectivity index is 1.70. The number of piperidine rings is 1. The molecule has 5 N–H and O–H groups in total. The van der Waals surface area contributed by atoms with Gasteiger partial charge in [0.2, 0.25) is 0 Å². The number of hydrogen-bond donors (Lipinski definition) is 3. The lowest BCUT2D eigenvalue weighted by atomic mass is 10.1. The highest BCUT2D eigenvalue weighted by Crippen LogP contribution is 2.22. The topological polar surface area (TPSA) is 83.4 Å². The van der Waals surface area contributed by atoms with Gasteiger partial charge in [-0.3, -0.25) is 4.90 Å². The Kier molecular flexibility index (Phi) is 5.93. The first-order valence-corrected chi connectivity index (χ1v) is 9.07. The number of hydrazine groups is 1. The third-order valence-electron chi connectivity index (χ3n) is 4.63. The van der Waals surface area contributed by atoms with Gasteiger partial charge in [-0.15, -0.1) is 0 Å². The molecular weight excluding hydrogens is 343 g/mol. The van der Waals surface area contributed by atoms with Crippen LogP contribution in [0.15, 0.2) is 48.9 Å². The Morgan fingerprint density at radius 3 is 2.81 bits per heavy atom. The van der Waals surface area contributed by atoms with Gasteiger partial charge in [0.15, 0.2) is 0 Å². The molecule has 1 saturated heterocycles. The van der Waals surface area contributed by atoms with Crippen LogP contribution in [-0.4, -0.2) is 47.7 Å². The SMILES string of the molecule is C=C(CN1CCC(F)CC1)Nc1cc2cc(/C(N)=C/N(C)N)ccc2cn1. The molecule has 3 rings (SSSR count). The molecule has 1 aromatic heterocycles. The van der Waals surface area contributed by atoms with Crippen LogP contribution in [0.2, 0.25) is 0 Å². The molecule has 7 heteroatoms. The third-order valence-corrected chi connectivity index (χ3v) is 4.63. The van der Waals surface area contributed by atoms with Crippen molar-refractivity contribution in [2.24, 2.45) is 11.6 Å². The minimum atomic E-state index is -0.667. The second-order valence-electron chi connectivity index (χ2n) is 7.06. The van der Waals surface area contributed by atoms with Gasteiger partial charge in [0.1, 0.15) is 12.0 Å². The first-order chi connectivity index (χ1) is 12.9. The number of aromatic nitrogens is 1. The number of nitrogens with zero attached hydrogens (tertiary/aromatic N) is 3. The van der Waals surface area contributed by atoms with Crippen LogP contribution in [0.5, 0.6) is 0 Å². The van der Waals surface area contributed by atoms with Crippen molar-refractivity contribution in [3.05, 3.63) is 54.5 Å². The fourth-order valence-electron chi connectivity index (χ4n) is 3.23. The summed E-state index contributed by atoms with van der Waals surface area (Å²) in [6.07, 6.45) is 4.01. The number of nitrogens with two attached hydrogens (primary N) is 2. The summed E-state index contributed by atoms with van der Waals surface area (Å²) < 4.78 is 13.3. The smallest absolute Gasteiger partial charge is 0.130 e. The van der Waals surface area contributed by atoms with E-state index in [0.717, 1.165) is 40.9 Å². The summed E-state index contributed by atoms with van der Waals surface area (Å²) in [5.41, 5.74) is 8.41. The quantitative estimate of drug-likeness (QED) is 0.536. The zero-order valence-corrected chi connectivity index (χ0v) is 15.7. The summed E-state index contributed by atoms with van der Waals surface area (Å²) in [5, 5.41) is 6.73. The number of likely N-dealkylation sites (tertiary alicyclic amines) is 1. The predicted molar refractivity (Wildman–Crippen MR) is 109 cm³/mol. The summed E-state index contributed by atoms with van der Waals surface area (Å²) in [4.78, 5) is 6.66. The van der Waals surface area contributed by atoms with Crippen molar-refractivity contribution in [3.8, 4) is 0 Å². The van der Waals surface area contributed by atoms with Gasteiger partial charge < -0.3 is 16.1 Å². The summed E-state index contributed by atoms with van der Waals surface area (Å²) in [6, 6.07) is 7.90. The van der Waals surface area contributed by atoms with Crippen molar-refractivity contribution >= 4 is 22.3 Å². The first-order valence-electron chi connectivity index (χ1n) is 9.07. The van der Waals surface area contributed by atoms with Gasteiger partial charge in [-0.2, -0.15) is 0 Å². The fraction of sp³-hybridized carbons (Fsp3) is 0.350. The van der Waals surface area contributed by atoms with Crippen LogP contribution in [0.1, 0.15) is 18.4 Å². The average molecular weight is 370 g/mol.